The zero-order valence-electron chi connectivity index (χ0n) is 17.1. The monoisotopic (exact) mass is 447 g/mol. The summed E-state index contributed by atoms with van der Waals surface area (Å²) < 4.78 is 27.3. The third-order valence-corrected chi connectivity index (χ3v) is 9.19. The molecule has 2 aromatic rings. The molecule has 0 spiro atoms. The SMILES string of the molecule is O=C(NCCCN1CCCc2ccccc21)[C@@H]1CCCN(S(=O)(=O)c2cccs2)C1. The average molecular weight is 448 g/mol. The number of amides is 1. The summed E-state index contributed by atoms with van der Waals surface area (Å²) in [7, 11) is -3.49. The number of hydrogen-bond acceptors (Lipinski definition) is 5. The van der Waals surface area contributed by atoms with Gasteiger partial charge in [-0.2, -0.15) is 4.31 Å². The number of nitrogens with zero attached hydrogens (tertiary/aromatic N) is 2. The number of hydrogen-bond donors (Lipinski definition) is 1. The molecule has 8 heteroatoms. The molecule has 1 atom stereocenters. The van der Waals surface area contributed by atoms with Crippen LogP contribution in [0.4, 0.5) is 5.69 Å². The molecule has 1 amide bonds. The van der Waals surface area contributed by atoms with Crippen LogP contribution in [0, 0.1) is 5.92 Å². The minimum atomic E-state index is -3.49. The molecule has 1 saturated heterocycles. The van der Waals surface area contributed by atoms with E-state index < -0.39 is 10.0 Å². The largest absolute Gasteiger partial charge is 0.371 e. The minimum Gasteiger partial charge on any atom is -0.371 e. The van der Waals surface area contributed by atoms with E-state index in [0.717, 1.165) is 32.4 Å². The Bertz CT molecular complexity index is 960. The fraction of sp³-hybridized carbons (Fsp3) is 0.500. The third-order valence-electron chi connectivity index (χ3n) is 5.95. The fourth-order valence-corrected chi connectivity index (χ4v) is 7.05. The first-order valence-corrected chi connectivity index (χ1v) is 13.0. The van der Waals surface area contributed by atoms with Crippen LogP contribution in [0.2, 0.25) is 0 Å². The van der Waals surface area contributed by atoms with Crippen molar-refractivity contribution in [1.82, 2.24) is 9.62 Å². The normalized spacial score (nSPS) is 20.0. The van der Waals surface area contributed by atoms with Crippen LogP contribution < -0.4 is 10.2 Å². The highest BCUT2D eigenvalue weighted by molar-refractivity contribution is 7.91. The van der Waals surface area contributed by atoms with Gasteiger partial charge in [0, 0.05) is 38.4 Å². The molecule has 0 unspecified atom stereocenters. The predicted octanol–water partition coefficient (Wildman–Crippen LogP) is 3.11. The molecule has 0 aliphatic carbocycles. The summed E-state index contributed by atoms with van der Waals surface area (Å²) in [6, 6.07) is 11.9. The van der Waals surface area contributed by atoms with E-state index in [4.69, 9.17) is 0 Å². The zero-order valence-corrected chi connectivity index (χ0v) is 18.8. The van der Waals surface area contributed by atoms with E-state index in [2.05, 4.69) is 34.5 Å². The summed E-state index contributed by atoms with van der Waals surface area (Å²) in [5, 5.41) is 4.80. The topological polar surface area (TPSA) is 69.7 Å². The molecule has 2 aliphatic heterocycles. The van der Waals surface area contributed by atoms with E-state index in [0.29, 0.717) is 23.7 Å². The van der Waals surface area contributed by atoms with Crippen LogP contribution >= 0.6 is 11.3 Å². The standard InChI is InChI=1S/C22H29N3O3S2/c26-22(19-9-4-15-25(17-19)30(27,28)21-11-5-16-29-21)23-12-6-14-24-13-3-8-18-7-1-2-10-20(18)24/h1-2,5,7,10-11,16,19H,3-4,6,8-9,12-15,17H2,(H,23,26)/t19-/m1/s1. The number of benzene rings is 1. The van der Waals surface area contributed by atoms with Gasteiger partial charge in [-0.15, -0.1) is 11.3 Å². The van der Waals surface area contributed by atoms with Crippen LogP contribution in [0.15, 0.2) is 46.0 Å². The van der Waals surface area contributed by atoms with Gasteiger partial charge < -0.3 is 10.2 Å². The third kappa shape index (κ3) is 4.71. The molecule has 0 radical (unpaired) electrons. The van der Waals surface area contributed by atoms with Gasteiger partial charge in [0.25, 0.3) is 10.0 Å². The Morgan fingerprint density at radius 2 is 2.00 bits per heavy atom. The molecule has 0 saturated carbocycles. The number of carbonyl (C=O) groups excluding carboxylic acids is 1. The maximum Gasteiger partial charge on any atom is 0.252 e. The van der Waals surface area contributed by atoms with Gasteiger partial charge >= 0.3 is 0 Å². The Labute approximate surface area is 182 Å². The summed E-state index contributed by atoms with van der Waals surface area (Å²) in [6.45, 7) is 3.35. The Hall–Kier alpha value is -1.90. The minimum absolute atomic E-state index is 0.0277. The number of aryl methyl sites for hydroxylation is 1. The quantitative estimate of drug-likeness (QED) is 0.662. The van der Waals surface area contributed by atoms with Gasteiger partial charge in [0.1, 0.15) is 4.21 Å². The maximum absolute atomic E-state index is 12.8. The molecule has 1 N–H and O–H groups in total. The van der Waals surface area contributed by atoms with Crippen molar-refractivity contribution < 1.29 is 13.2 Å². The van der Waals surface area contributed by atoms with Crippen molar-refractivity contribution in [3.8, 4) is 0 Å². The first-order chi connectivity index (χ1) is 14.6. The van der Waals surface area contributed by atoms with Crippen LogP contribution in [-0.2, 0) is 21.2 Å². The number of nitrogens with one attached hydrogen (secondary N) is 1. The molecule has 2 aliphatic rings. The van der Waals surface area contributed by atoms with Crippen molar-refractivity contribution in [2.75, 3.05) is 37.6 Å². The molecule has 4 rings (SSSR count). The fourth-order valence-electron chi connectivity index (χ4n) is 4.38. The summed E-state index contributed by atoms with van der Waals surface area (Å²) in [5.41, 5.74) is 2.72. The van der Waals surface area contributed by atoms with Crippen molar-refractivity contribution >= 4 is 33.0 Å². The van der Waals surface area contributed by atoms with Gasteiger partial charge in [0.2, 0.25) is 5.91 Å². The van der Waals surface area contributed by atoms with Crippen LogP contribution in [0.25, 0.3) is 0 Å². The first-order valence-electron chi connectivity index (χ1n) is 10.7. The van der Waals surface area contributed by atoms with Crippen molar-refractivity contribution in [2.24, 2.45) is 5.92 Å². The predicted molar refractivity (Wildman–Crippen MR) is 120 cm³/mol. The lowest BCUT2D eigenvalue weighted by atomic mass is 9.99. The lowest BCUT2D eigenvalue weighted by molar-refractivity contribution is -0.126. The van der Waals surface area contributed by atoms with Gasteiger partial charge in [-0.25, -0.2) is 8.42 Å². The number of thiophene rings is 1. The molecular weight excluding hydrogens is 418 g/mol. The summed E-state index contributed by atoms with van der Waals surface area (Å²) in [6.07, 6.45) is 4.63. The Kier molecular flexibility index (Phi) is 6.75. The maximum atomic E-state index is 12.8. The van der Waals surface area contributed by atoms with Crippen LogP contribution in [0.3, 0.4) is 0 Å². The Morgan fingerprint density at radius 3 is 2.83 bits per heavy atom. The molecule has 3 heterocycles. The number of fused-ring (bicyclic) bond motifs is 1. The van der Waals surface area contributed by atoms with Gasteiger partial charge in [0.15, 0.2) is 0 Å². The molecule has 6 nitrogen and oxygen atoms in total. The van der Waals surface area contributed by atoms with Gasteiger partial charge in [-0.3, -0.25) is 4.79 Å². The van der Waals surface area contributed by atoms with Crippen molar-refractivity contribution in [2.45, 2.75) is 36.3 Å². The second kappa shape index (κ2) is 9.49. The van der Waals surface area contributed by atoms with Crippen LogP contribution in [0.5, 0.6) is 0 Å². The highest BCUT2D eigenvalue weighted by Gasteiger charge is 2.33. The van der Waals surface area contributed by atoms with E-state index >= 15 is 0 Å². The highest BCUT2D eigenvalue weighted by atomic mass is 32.2. The van der Waals surface area contributed by atoms with E-state index in [1.807, 2.05) is 0 Å². The summed E-state index contributed by atoms with van der Waals surface area (Å²) in [4.78, 5) is 15.1. The average Bonchev–Trinajstić information content (AvgIpc) is 3.33. The Morgan fingerprint density at radius 1 is 1.13 bits per heavy atom. The number of piperidine rings is 1. The second-order valence-electron chi connectivity index (χ2n) is 8.00. The number of sulfonamides is 1. The molecule has 30 heavy (non-hydrogen) atoms. The number of para-hydroxylation sites is 1. The number of rotatable bonds is 7. The molecule has 162 valence electrons. The van der Waals surface area contributed by atoms with Crippen molar-refractivity contribution in [3.05, 3.63) is 47.3 Å². The Balaban J connectivity index is 1.26. The first kappa shape index (κ1) is 21.3. The summed E-state index contributed by atoms with van der Waals surface area (Å²) in [5.74, 6) is -0.302. The molecule has 1 fully saturated rings. The van der Waals surface area contributed by atoms with Crippen molar-refractivity contribution in [3.63, 3.8) is 0 Å². The van der Waals surface area contributed by atoms with E-state index in [1.165, 1.54) is 33.3 Å². The van der Waals surface area contributed by atoms with E-state index in [-0.39, 0.29) is 18.4 Å². The zero-order chi connectivity index (χ0) is 21.0. The van der Waals surface area contributed by atoms with Gasteiger partial charge in [-0.1, -0.05) is 24.3 Å². The van der Waals surface area contributed by atoms with Gasteiger partial charge in [0.05, 0.1) is 5.92 Å². The number of carbonyl (C=O) groups is 1. The van der Waals surface area contributed by atoms with Gasteiger partial charge in [-0.05, 0) is 55.2 Å². The van der Waals surface area contributed by atoms with Crippen molar-refractivity contribution in [1.29, 1.82) is 0 Å². The highest BCUT2D eigenvalue weighted by Crippen LogP contribution is 2.27. The van der Waals surface area contributed by atoms with E-state index in [9.17, 15) is 13.2 Å². The van der Waals surface area contributed by atoms with E-state index in [1.54, 1.807) is 17.5 Å². The molecule has 0 bridgehead atoms. The summed E-state index contributed by atoms with van der Waals surface area (Å²) >= 11 is 1.22. The molecule has 1 aromatic heterocycles. The smallest absolute Gasteiger partial charge is 0.252 e. The molecular formula is C22H29N3O3S2. The lowest BCUT2D eigenvalue weighted by Crippen LogP contribution is -2.45. The second-order valence-corrected chi connectivity index (χ2v) is 11.1. The van der Waals surface area contributed by atoms with Crippen LogP contribution in [-0.4, -0.2) is 51.4 Å². The number of anilines is 1. The lowest BCUT2D eigenvalue weighted by Gasteiger charge is -2.32. The van der Waals surface area contributed by atoms with Crippen LogP contribution in [0.1, 0.15) is 31.2 Å². The molecule has 1 aromatic carbocycles.